The third-order valence-electron chi connectivity index (χ3n) is 17.4. The molecule has 12 rings (SSSR count). The van der Waals surface area contributed by atoms with Crippen LogP contribution in [0.1, 0.15) is 94.4 Å². The van der Waals surface area contributed by atoms with Crippen molar-refractivity contribution in [2.45, 2.75) is 122 Å². The van der Waals surface area contributed by atoms with Crippen molar-refractivity contribution in [1.29, 1.82) is 0 Å². The summed E-state index contributed by atoms with van der Waals surface area (Å²) < 4.78 is 4.95. The molecule has 0 amide bonds. The summed E-state index contributed by atoms with van der Waals surface area (Å²) in [7, 11) is 0. The molecule has 23 heteroatoms. The van der Waals surface area contributed by atoms with Gasteiger partial charge in [-0.05, 0) is 160 Å². The predicted molar refractivity (Wildman–Crippen MR) is 330 cm³/mol. The topological polar surface area (TPSA) is 302 Å². The molecule has 3 aliphatic carbocycles. The Balaban J connectivity index is 0.751. The summed E-state index contributed by atoms with van der Waals surface area (Å²) in [6, 6.07) is 13.1. The van der Waals surface area contributed by atoms with E-state index in [0.29, 0.717) is 145 Å². The van der Waals surface area contributed by atoms with Crippen LogP contribution in [0.2, 0.25) is 0 Å². The molecule has 9 aromatic heterocycles. The van der Waals surface area contributed by atoms with E-state index < -0.39 is 12.2 Å². The van der Waals surface area contributed by atoms with Gasteiger partial charge in [-0.2, -0.15) is 0 Å². The Kier molecular flexibility index (Phi) is 16.2. The Morgan fingerprint density at radius 3 is 1.47 bits per heavy atom. The number of nitrogens with one attached hydrogen (secondary N) is 6. The molecule has 0 aromatic carbocycles. The van der Waals surface area contributed by atoms with Crippen LogP contribution in [-0.2, 0) is 19.6 Å². The molecule has 0 radical (unpaired) electrons. The third kappa shape index (κ3) is 11.7. The fourth-order valence-corrected chi connectivity index (χ4v) is 13.0. The number of aliphatic hydroxyl groups excluding tert-OH is 3. The Bertz CT molecular complexity index is 4100. The Labute approximate surface area is 489 Å². The molecule has 0 saturated heterocycles. The highest BCUT2D eigenvalue weighted by molar-refractivity contribution is 5.95. The lowest BCUT2D eigenvalue weighted by molar-refractivity contribution is 0.154. The van der Waals surface area contributed by atoms with Crippen molar-refractivity contribution < 1.29 is 15.3 Å². The summed E-state index contributed by atoms with van der Waals surface area (Å²) in [4.78, 5) is 79.0. The first-order valence-corrected chi connectivity index (χ1v) is 29.6. The highest BCUT2D eigenvalue weighted by Gasteiger charge is 2.39. The molecule has 3 fully saturated rings. The molecule has 3 saturated carbocycles. The number of aromatic nitrogens is 11. The van der Waals surface area contributed by atoms with Crippen LogP contribution < -0.4 is 48.6 Å². The second-order valence-corrected chi connectivity index (χ2v) is 22.7. The van der Waals surface area contributed by atoms with Crippen LogP contribution in [0.15, 0.2) is 113 Å². The van der Waals surface area contributed by atoms with Crippen LogP contribution in [0, 0.1) is 24.7 Å². The quantitative estimate of drug-likeness (QED) is 0.0350. The fourth-order valence-electron chi connectivity index (χ4n) is 13.0. The van der Waals surface area contributed by atoms with Gasteiger partial charge in [0.05, 0.1) is 58.8 Å². The van der Waals surface area contributed by atoms with Crippen molar-refractivity contribution in [3.8, 4) is 0 Å². The molecular formula is C62H71N17O6. The molecule has 9 aromatic rings. The molecule has 9 N–H and O–H groups in total. The average Bonchev–Trinajstić information content (AvgIpc) is 4.13. The maximum absolute atomic E-state index is 14.0. The highest BCUT2D eigenvalue weighted by Crippen LogP contribution is 2.43. The van der Waals surface area contributed by atoms with Crippen LogP contribution in [-0.4, -0.2) is 107 Å². The number of hydrogen-bond acceptors (Lipinski definition) is 20. The van der Waals surface area contributed by atoms with Gasteiger partial charge < -0.3 is 60.9 Å². The number of aliphatic hydroxyl groups is 3. The van der Waals surface area contributed by atoms with Gasteiger partial charge in [0, 0.05) is 88.3 Å². The molecule has 8 unspecified atom stereocenters. The number of hydrogen-bond donors (Lipinski definition) is 9. The lowest BCUT2D eigenvalue weighted by Crippen LogP contribution is -2.25. The first-order chi connectivity index (χ1) is 41.3. The Morgan fingerprint density at radius 2 is 1.00 bits per heavy atom. The van der Waals surface area contributed by atoms with Crippen LogP contribution >= 0.6 is 0 Å². The van der Waals surface area contributed by atoms with Gasteiger partial charge in [-0.3, -0.25) is 24.4 Å². The van der Waals surface area contributed by atoms with Crippen LogP contribution in [0.5, 0.6) is 0 Å². The van der Waals surface area contributed by atoms with E-state index >= 15 is 0 Å². The van der Waals surface area contributed by atoms with Crippen molar-refractivity contribution >= 4 is 84.7 Å². The molecule has 440 valence electrons. The van der Waals surface area contributed by atoms with Crippen molar-refractivity contribution in [2.24, 2.45) is 17.8 Å². The minimum atomic E-state index is -0.679. The fraction of sp³-hybridized carbons (Fsp3) is 0.403. The van der Waals surface area contributed by atoms with Gasteiger partial charge in [-0.25, -0.2) is 29.9 Å². The van der Waals surface area contributed by atoms with E-state index in [1.807, 2.05) is 76.4 Å². The van der Waals surface area contributed by atoms with Gasteiger partial charge in [-0.15, -0.1) is 0 Å². The summed E-state index contributed by atoms with van der Waals surface area (Å²) in [5.74, 6) is 3.79. The first kappa shape index (κ1) is 56.5. The van der Waals surface area contributed by atoms with E-state index in [4.69, 9.17) is 29.9 Å². The maximum atomic E-state index is 14.0. The molecule has 9 heterocycles. The average molecular weight is 1150 g/mol. The largest absolute Gasteiger partial charge is 0.393 e. The predicted octanol–water partition coefficient (Wildman–Crippen LogP) is 7.90. The number of pyridine rings is 7. The van der Waals surface area contributed by atoms with Gasteiger partial charge in [0.1, 0.15) is 52.4 Å². The molecule has 0 aliphatic heterocycles. The third-order valence-corrected chi connectivity index (χ3v) is 17.4. The van der Waals surface area contributed by atoms with E-state index in [1.54, 1.807) is 63.3 Å². The van der Waals surface area contributed by atoms with Gasteiger partial charge in [0.15, 0.2) is 0 Å². The molecule has 8 atom stereocenters. The van der Waals surface area contributed by atoms with Crippen molar-refractivity contribution in [3.05, 3.63) is 146 Å². The molecule has 0 spiro atoms. The van der Waals surface area contributed by atoms with E-state index in [0.717, 1.165) is 41.2 Å². The summed E-state index contributed by atoms with van der Waals surface area (Å²) in [5.41, 5.74) is 2.00. The maximum Gasteiger partial charge on any atom is 0.262 e. The SMILES string of the molecule is CCn1ccc2cc(Nc3cnc(C4C(O)CCC4CNc4nc(Nc5cc(C)c(C6C(O)CCC6CNc6nc(Nc7cnccn7)cc7ccn(CC)c(=O)c67)cn5)cc5ccn(CC)c(=O)c45)cn3)nc(NCC3CCC(O)C3)c2c1=O. The smallest absolute Gasteiger partial charge is 0.262 e. The van der Waals surface area contributed by atoms with Gasteiger partial charge in [0.2, 0.25) is 0 Å². The minimum absolute atomic E-state index is 0.0177. The summed E-state index contributed by atoms with van der Waals surface area (Å²) in [5, 5.41) is 57.1. The van der Waals surface area contributed by atoms with Gasteiger partial charge in [0.25, 0.3) is 16.7 Å². The normalized spacial score (nSPS) is 21.2. The molecular weight excluding hydrogens is 1080 g/mol. The molecule has 85 heavy (non-hydrogen) atoms. The van der Waals surface area contributed by atoms with Crippen LogP contribution in [0.25, 0.3) is 32.3 Å². The van der Waals surface area contributed by atoms with Crippen LogP contribution in [0.4, 0.5) is 52.4 Å². The molecule has 23 nitrogen and oxygen atoms in total. The van der Waals surface area contributed by atoms with Gasteiger partial charge >= 0.3 is 0 Å². The molecule has 3 aliphatic rings. The minimum Gasteiger partial charge on any atom is -0.393 e. The Morgan fingerprint density at radius 1 is 0.506 bits per heavy atom. The first-order valence-electron chi connectivity index (χ1n) is 29.6. The standard InChI is InChI=1S/C62H71N17O6/c1-5-77-20-15-37-26-49(75-57(54(37)60(77)83)68-27-35-8-11-41(80)23-35)73-51-33-65-43(31-67-51)53-40(10-13-45(53)82)29-70-59-55-36(14-19-78(6-2)61(55)84)24-47(74-59)71-46-22-34(4)42(30-66-46)52-39(9-12-44(52)81)28-69-58-56-38(16-21-79(7-3)62(56)85)25-48(76-58)72-50-32-63-17-18-64-50/h14-22,24-26,30-33,35,39-41,44-45,52-53,80-82H,5-13,23,27-29H2,1-4H3,(H2,64,69,72,76)(H2,66,70,71,74)(H2,67,68,73,75). The van der Waals surface area contributed by atoms with E-state index in [2.05, 4.69) is 41.9 Å². The zero-order valence-corrected chi connectivity index (χ0v) is 48.0. The monoisotopic (exact) mass is 1150 g/mol. The van der Waals surface area contributed by atoms with E-state index in [-0.39, 0.29) is 52.4 Å². The number of aryl methyl sites for hydroxylation is 4. The van der Waals surface area contributed by atoms with Crippen molar-refractivity contribution in [2.75, 3.05) is 51.5 Å². The lowest BCUT2D eigenvalue weighted by atomic mass is 9.86. The zero-order valence-electron chi connectivity index (χ0n) is 48.0. The van der Waals surface area contributed by atoms with Gasteiger partial charge in [-0.1, -0.05) is 0 Å². The lowest BCUT2D eigenvalue weighted by Gasteiger charge is -2.25. The summed E-state index contributed by atoms with van der Waals surface area (Å²) >= 11 is 0. The van der Waals surface area contributed by atoms with E-state index in [1.165, 1.54) is 0 Å². The summed E-state index contributed by atoms with van der Waals surface area (Å²) in [6.07, 6.45) is 18.6. The zero-order chi connectivity index (χ0) is 58.9. The summed E-state index contributed by atoms with van der Waals surface area (Å²) in [6.45, 7) is 10.7. The second-order valence-electron chi connectivity index (χ2n) is 22.7. The van der Waals surface area contributed by atoms with Crippen molar-refractivity contribution in [1.82, 2.24) is 53.6 Å². The number of fused-ring (bicyclic) bond motifs is 3. The van der Waals surface area contributed by atoms with Crippen LogP contribution in [0.3, 0.4) is 0 Å². The van der Waals surface area contributed by atoms with Crippen molar-refractivity contribution in [3.63, 3.8) is 0 Å². The van der Waals surface area contributed by atoms with E-state index in [9.17, 15) is 29.7 Å². The number of nitrogens with zero attached hydrogens (tertiary/aromatic N) is 11. The highest BCUT2D eigenvalue weighted by atomic mass is 16.3. The molecule has 0 bridgehead atoms. The second kappa shape index (κ2) is 24.3. The number of anilines is 9. The Hall–Kier alpha value is -8.93. The number of rotatable bonds is 20.